The third-order valence-corrected chi connectivity index (χ3v) is 5.52. The maximum Gasteiger partial charge on any atom is 0.296 e. The zero-order valence-corrected chi connectivity index (χ0v) is 16.2. The van der Waals surface area contributed by atoms with Crippen molar-refractivity contribution in [2.45, 2.75) is 25.7 Å². The Hall–Kier alpha value is -3.15. The first kappa shape index (κ1) is 18.2. The van der Waals surface area contributed by atoms with Gasteiger partial charge in [0.15, 0.2) is 0 Å². The van der Waals surface area contributed by atoms with Gasteiger partial charge in [0.25, 0.3) is 11.7 Å². The number of carbonyl (C=O) groups is 2. The lowest BCUT2D eigenvalue weighted by atomic mass is 9.90. The SMILES string of the molecule is Cc1ccc(-c2cn[nH]c2[C@@H]2CCCN(C(=O)C(=O)c3cccn3C)C2)cc1. The predicted octanol–water partition coefficient (Wildman–Crippen LogP) is 3.31. The molecule has 0 unspecified atom stereocenters. The van der Waals surface area contributed by atoms with Crippen LogP contribution in [-0.4, -0.2) is 44.4 Å². The Morgan fingerprint density at radius 3 is 2.68 bits per heavy atom. The Balaban J connectivity index is 1.54. The number of likely N-dealkylation sites (tertiary alicyclic amines) is 1. The van der Waals surface area contributed by atoms with Gasteiger partial charge >= 0.3 is 0 Å². The number of nitrogens with one attached hydrogen (secondary N) is 1. The first-order valence-electron chi connectivity index (χ1n) is 9.60. The van der Waals surface area contributed by atoms with E-state index in [0.29, 0.717) is 18.8 Å². The van der Waals surface area contributed by atoms with Gasteiger partial charge in [0, 0.05) is 43.5 Å². The van der Waals surface area contributed by atoms with Crippen molar-refractivity contribution in [2.75, 3.05) is 13.1 Å². The third-order valence-electron chi connectivity index (χ3n) is 5.52. The van der Waals surface area contributed by atoms with Crippen molar-refractivity contribution in [3.05, 3.63) is 65.7 Å². The number of piperidine rings is 1. The zero-order valence-electron chi connectivity index (χ0n) is 16.2. The molecule has 1 saturated heterocycles. The number of nitrogens with zero attached hydrogens (tertiary/aromatic N) is 3. The van der Waals surface area contributed by atoms with Crippen LogP contribution < -0.4 is 0 Å². The van der Waals surface area contributed by atoms with E-state index in [2.05, 4.69) is 41.4 Å². The van der Waals surface area contributed by atoms with Crippen LogP contribution in [0.2, 0.25) is 0 Å². The molecule has 1 fully saturated rings. The number of Topliss-reactive ketones (excluding diaryl/α,β-unsaturated/α-hetero) is 1. The fourth-order valence-corrected chi connectivity index (χ4v) is 3.92. The first-order valence-corrected chi connectivity index (χ1v) is 9.60. The quantitative estimate of drug-likeness (QED) is 0.561. The fourth-order valence-electron chi connectivity index (χ4n) is 3.92. The second-order valence-electron chi connectivity index (χ2n) is 7.49. The third kappa shape index (κ3) is 3.38. The first-order chi connectivity index (χ1) is 13.5. The Bertz CT molecular complexity index is 1000. The summed E-state index contributed by atoms with van der Waals surface area (Å²) < 4.78 is 1.69. The van der Waals surface area contributed by atoms with Crippen LogP contribution in [0.25, 0.3) is 11.1 Å². The maximum atomic E-state index is 12.8. The van der Waals surface area contributed by atoms with Gasteiger partial charge in [-0.1, -0.05) is 29.8 Å². The number of ketones is 1. The molecule has 0 radical (unpaired) electrons. The molecule has 4 rings (SSSR count). The molecule has 6 heteroatoms. The molecule has 3 aromatic rings. The highest BCUT2D eigenvalue weighted by atomic mass is 16.2. The normalized spacial score (nSPS) is 16.9. The van der Waals surface area contributed by atoms with Gasteiger partial charge in [0.05, 0.1) is 11.9 Å². The van der Waals surface area contributed by atoms with E-state index in [4.69, 9.17) is 0 Å². The zero-order chi connectivity index (χ0) is 19.7. The number of benzene rings is 1. The summed E-state index contributed by atoms with van der Waals surface area (Å²) in [6, 6.07) is 11.8. The van der Waals surface area contributed by atoms with Crippen molar-refractivity contribution in [2.24, 2.45) is 7.05 Å². The minimum atomic E-state index is -0.448. The molecule has 1 atom stereocenters. The molecular weight excluding hydrogens is 352 g/mol. The largest absolute Gasteiger partial charge is 0.348 e. The molecule has 0 saturated carbocycles. The van der Waals surface area contributed by atoms with Crippen molar-refractivity contribution >= 4 is 11.7 Å². The second kappa shape index (κ2) is 7.46. The molecular formula is C22H24N4O2. The summed E-state index contributed by atoms with van der Waals surface area (Å²) in [6.45, 7) is 3.20. The fraction of sp³-hybridized carbons (Fsp3) is 0.318. The van der Waals surface area contributed by atoms with Gasteiger partial charge in [0.1, 0.15) is 0 Å². The van der Waals surface area contributed by atoms with Crippen molar-refractivity contribution in [3.8, 4) is 11.1 Å². The van der Waals surface area contributed by atoms with Gasteiger partial charge in [-0.05, 0) is 37.5 Å². The van der Waals surface area contributed by atoms with Crippen LogP contribution in [0.1, 0.15) is 40.5 Å². The van der Waals surface area contributed by atoms with Crippen LogP contribution >= 0.6 is 0 Å². The standard InChI is InChI=1S/C22H24N4O2/c1-15-7-9-16(10-8-15)18-13-23-24-20(18)17-5-3-12-26(14-17)22(28)21(27)19-6-4-11-25(19)2/h4,6-11,13,17H,3,5,12,14H2,1-2H3,(H,23,24)/t17-/m1/s1. The van der Waals surface area contributed by atoms with Crippen molar-refractivity contribution in [1.82, 2.24) is 19.7 Å². The summed E-state index contributed by atoms with van der Waals surface area (Å²) in [5.41, 5.74) is 4.84. The average Bonchev–Trinajstić information content (AvgIpc) is 3.37. The van der Waals surface area contributed by atoms with Crippen LogP contribution in [0.3, 0.4) is 0 Å². The number of carbonyl (C=O) groups excluding carboxylic acids is 2. The molecule has 0 bridgehead atoms. The van der Waals surface area contributed by atoms with Crippen LogP contribution in [0.15, 0.2) is 48.8 Å². The van der Waals surface area contributed by atoms with E-state index in [0.717, 1.165) is 29.7 Å². The highest BCUT2D eigenvalue weighted by Crippen LogP contribution is 2.33. The molecule has 6 nitrogen and oxygen atoms in total. The lowest BCUT2D eigenvalue weighted by Crippen LogP contribution is -2.43. The molecule has 3 heterocycles. The molecule has 144 valence electrons. The summed E-state index contributed by atoms with van der Waals surface area (Å²) in [4.78, 5) is 27.1. The van der Waals surface area contributed by atoms with E-state index in [1.54, 1.807) is 34.8 Å². The molecule has 1 aliphatic rings. The van der Waals surface area contributed by atoms with E-state index < -0.39 is 11.7 Å². The Kier molecular flexibility index (Phi) is 4.86. The molecule has 28 heavy (non-hydrogen) atoms. The van der Waals surface area contributed by atoms with Gasteiger partial charge in [-0.25, -0.2) is 0 Å². The minimum Gasteiger partial charge on any atom is -0.348 e. The van der Waals surface area contributed by atoms with E-state index in [9.17, 15) is 9.59 Å². The van der Waals surface area contributed by atoms with Gasteiger partial charge in [-0.15, -0.1) is 0 Å². The van der Waals surface area contributed by atoms with Crippen LogP contribution in [0.4, 0.5) is 0 Å². The molecule has 1 aliphatic heterocycles. The van der Waals surface area contributed by atoms with Crippen LogP contribution in [0.5, 0.6) is 0 Å². The van der Waals surface area contributed by atoms with E-state index in [1.807, 2.05) is 6.20 Å². The minimum absolute atomic E-state index is 0.137. The van der Waals surface area contributed by atoms with Gasteiger partial charge < -0.3 is 9.47 Å². The molecule has 1 amide bonds. The highest BCUT2D eigenvalue weighted by molar-refractivity contribution is 6.42. The number of rotatable bonds is 4. The van der Waals surface area contributed by atoms with Crippen molar-refractivity contribution in [1.29, 1.82) is 0 Å². The van der Waals surface area contributed by atoms with Gasteiger partial charge in [-0.2, -0.15) is 5.10 Å². The summed E-state index contributed by atoms with van der Waals surface area (Å²) >= 11 is 0. The Morgan fingerprint density at radius 1 is 1.18 bits per heavy atom. The lowest BCUT2D eigenvalue weighted by Gasteiger charge is -2.32. The monoisotopic (exact) mass is 376 g/mol. The highest BCUT2D eigenvalue weighted by Gasteiger charge is 2.31. The number of aromatic nitrogens is 3. The molecule has 1 aromatic carbocycles. The summed E-state index contributed by atoms with van der Waals surface area (Å²) in [6.07, 6.45) is 5.44. The summed E-state index contributed by atoms with van der Waals surface area (Å²) in [7, 11) is 1.78. The molecule has 1 N–H and O–H groups in total. The number of hydrogen-bond donors (Lipinski definition) is 1. The van der Waals surface area contributed by atoms with Gasteiger partial charge in [-0.3, -0.25) is 14.7 Å². The van der Waals surface area contributed by atoms with E-state index >= 15 is 0 Å². The molecule has 0 aliphatic carbocycles. The smallest absolute Gasteiger partial charge is 0.296 e. The number of H-pyrrole nitrogens is 1. The van der Waals surface area contributed by atoms with E-state index in [-0.39, 0.29) is 5.92 Å². The van der Waals surface area contributed by atoms with Crippen molar-refractivity contribution in [3.63, 3.8) is 0 Å². The number of aryl methyl sites for hydroxylation is 2. The summed E-state index contributed by atoms with van der Waals surface area (Å²) in [5, 5.41) is 7.39. The predicted molar refractivity (Wildman–Crippen MR) is 107 cm³/mol. The van der Waals surface area contributed by atoms with E-state index in [1.165, 1.54) is 5.56 Å². The number of amides is 1. The summed E-state index contributed by atoms with van der Waals surface area (Å²) in [5.74, 6) is -0.739. The second-order valence-corrected chi connectivity index (χ2v) is 7.49. The topological polar surface area (TPSA) is 71.0 Å². The average molecular weight is 376 g/mol. The number of hydrogen-bond acceptors (Lipinski definition) is 3. The van der Waals surface area contributed by atoms with Crippen LogP contribution in [-0.2, 0) is 11.8 Å². The van der Waals surface area contributed by atoms with Crippen LogP contribution in [0, 0.1) is 6.92 Å². The molecule has 2 aromatic heterocycles. The lowest BCUT2D eigenvalue weighted by molar-refractivity contribution is -0.127. The Morgan fingerprint density at radius 2 is 1.96 bits per heavy atom. The Labute approximate surface area is 164 Å². The number of aromatic amines is 1. The maximum absolute atomic E-state index is 12.8. The van der Waals surface area contributed by atoms with Gasteiger partial charge in [0.2, 0.25) is 0 Å². The molecule has 0 spiro atoms. The van der Waals surface area contributed by atoms with Crippen molar-refractivity contribution < 1.29 is 9.59 Å².